The Kier molecular flexibility index (Phi) is 4.35. The van der Waals surface area contributed by atoms with Crippen molar-refractivity contribution in [3.63, 3.8) is 0 Å². The first kappa shape index (κ1) is 13.3. The molecule has 1 N–H and O–H groups in total. The minimum Gasteiger partial charge on any atom is -0.493 e. The summed E-state index contributed by atoms with van der Waals surface area (Å²) in [6.07, 6.45) is -0.657. The fourth-order valence-corrected chi connectivity index (χ4v) is 1.70. The molecule has 5 nitrogen and oxygen atoms in total. The number of hydrogen-bond donors (Lipinski definition) is 1. The quantitative estimate of drug-likeness (QED) is 0.924. The molecule has 1 unspecified atom stereocenters. The highest BCUT2D eigenvalue weighted by atomic mass is 79.9. The molecular weight excluding hydrogens is 290 g/mol. The molecule has 0 bridgehead atoms. The number of aromatic carboxylic acids is 1. The molecule has 0 saturated heterocycles. The van der Waals surface area contributed by atoms with E-state index in [1.807, 2.05) is 6.07 Å². The second kappa shape index (κ2) is 5.55. The van der Waals surface area contributed by atoms with Gasteiger partial charge in [-0.3, -0.25) is 0 Å². The van der Waals surface area contributed by atoms with Crippen LogP contribution in [-0.2, 0) is 0 Å². The Balaban J connectivity index is 3.22. The third-order valence-corrected chi connectivity index (χ3v) is 2.54. The Bertz CT molecular complexity index is 481. The van der Waals surface area contributed by atoms with Crippen molar-refractivity contribution in [2.45, 2.75) is 13.0 Å². The number of halogens is 1. The van der Waals surface area contributed by atoms with Gasteiger partial charge in [0.25, 0.3) is 0 Å². The van der Waals surface area contributed by atoms with Crippen LogP contribution in [0.4, 0.5) is 0 Å². The molecule has 0 aliphatic heterocycles. The van der Waals surface area contributed by atoms with Crippen LogP contribution >= 0.6 is 15.9 Å². The van der Waals surface area contributed by atoms with Crippen molar-refractivity contribution >= 4 is 21.9 Å². The first-order valence-electron chi connectivity index (χ1n) is 4.66. The number of benzene rings is 1. The van der Waals surface area contributed by atoms with E-state index in [4.69, 9.17) is 19.8 Å². The van der Waals surface area contributed by atoms with Crippen LogP contribution in [0.5, 0.6) is 11.5 Å². The Morgan fingerprint density at radius 1 is 1.59 bits per heavy atom. The van der Waals surface area contributed by atoms with Gasteiger partial charge in [0.1, 0.15) is 6.07 Å². The number of methoxy groups -OCH3 is 1. The second-order valence-electron chi connectivity index (χ2n) is 3.18. The zero-order valence-electron chi connectivity index (χ0n) is 9.23. The van der Waals surface area contributed by atoms with Gasteiger partial charge in [0.2, 0.25) is 0 Å². The standard InChI is InChI=1S/C11H10BrNO4/c1-6(5-13)17-10-8(12)3-7(11(14)15)4-9(10)16-2/h3-4,6H,1-2H3,(H,14,15). The molecule has 0 aliphatic rings. The van der Waals surface area contributed by atoms with Crippen LogP contribution in [0, 0.1) is 11.3 Å². The summed E-state index contributed by atoms with van der Waals surface area (Å²) in [6, 6.07) is 4.65. The zero-order valence-corrected chi connectivity index (χ0v) is 10.8. The summed E-state index contributed by atoms with van der Waals surface area (Å²) in [6.45, 7) is 1.58. The molecule has 0 fully saturated rings. The van der Waals surface area contributed by atoms with Gasteiger partial charge in [-0.05, 0) is 35.0 Å². The van der Waals surface area contributed by atoms with Crippen LogP contribution in [0.25, 0.3) is 0 Å². The number of rotatable bonds is 4. The predicted molar refractivity (Wildman–Crippen MR) is 63.4 cm³/mol. The maximum Gasteiger partial charge on any atom is 0.335 e. The van der Waals surface area contributed by atoms with Gasteiger partial charge < -0.3 is 14.6 Å². The maximum absolute atomic E-state index is 10.8. The summed E-state index contributed by atoms with van der Waals surface area (Å²) >= 11 is 3.19. The molecule has 17 heavy (non-hydrogen) atoms. The van der Waals surface area contributed by atoms with Crippen molar-refractivity contribution in [3.05, 3.63) is 22.2 Å². The highest BCUT2D eigenvalue weighted by Gasteiger charge is 2.16. The highest BCUT2D eigenvalue weighted by molar-refractivity contribution is 9.10. The Morgan fingerprint density at radius 2 is 2.24 bits per heavy atom. The van der Waals surface area contributed by atoms with E-state index >= 15 is 0 Å². The lowest BCUT2D eigenvalue weighted by Gasteiger charge is -2.14. The lowest BCUT2D eigenvalue weighted by Crippen LogP contribution is -2.10. The molecule has 6 heteroatoms. The molecule has 0 amide bonds. The fraction of sp³-hybridized carbons (Fsp3) is 0.273. The van der Waals surface area contributed by atoms with Crippen LogP contribution in [0.2, 0.25) is 0 Å². The summed E-state index contributed by atoms with van der Waals surface area (Å²) in [7, 11) is 1.40. The van der Waals surface area contributed by atoms with Gasteiger partial charge in [-0.25, -0.2) is 4.79 Å². The minimum atomic E-state index is -1.07. The van der Waals surface area contributed by atoms with Crippen molar-refractivity contribution in [2.75, 3.05) is 7.11 Å². The SMILES string of the molecule is COc1cc(C(=O)O)cc(Br)c1OC(C)C#N. The van der Waals surface area contributed by atoms with E-state index in [1.165, 1.54) is 19.2 Å². The summed E-state index contributed by atoms with van der Waals surface area (Å²) in [4.78, 5) is 10.8. The second-order valence-corrected chi connectivity index (χ2v) is 4.04. The molecule has 0 heterocycles. The first-order chi connectivity index (χ1) is 7.99. The largest absolute Gasteiger partial charge is 0.493 e. The van der Waals surface area contributed by atoms with Crippen LogP contribution in [0.1, 0.15) is 17.3 Å². The molecule has 1 rings (SSSR count). The van der Waals surface area contributed by atoms with Crippen molar-refractivity contribution in [1.29, 1.82) is 5.26 Å². The summed E-state index contributed by atoms with van der Waals surface area (Å²) in [5.74, 6) is -0.491. The summed E-state index contributed by atoms with van der Waals surface area (Å²) in [5, 5.41) is 17.5. The van der Waals surface area contributed by atoms with Crippen LogP contribution in [0.3, 0.4) is 0 Å². The van der Waals surface area contributed by atoms with Crippen molar-refractivity contribution in [1.82, 2.24) is 0 Å². The lowest BCUT2D eigenvalue weighted by atomic mass is 10.2. The Morgan fingerprint density at radius 3 is 2.71 bits per heavy atom. The van der Waals surface area contributed by atoms with Gasteiger partial charge in [0.05, 0.1) is 17.1 Å². The number of nitriles is 1. The van der Waals surface area contributed by atoms with Crippen molar-refractivity contribution in [3.8, 4) is 17.6 Å². The van der Waals surface area contributed by atoms with Crippen molar-refractivity contribution < 1.29 is 19.4 Å². The van der Waals surface area contributed by atoms with Crippen LogP contribution < -0.4 is 9.47 Å². The average molecular weight is 300 g/mol. The topological polar surface area (TPSA) is 79.6 Å². The average Bonchev–Trinajstić information content (AvgIpc) is 2.30. The third-order valence-electron chi connectivity index (χ3n) is 1.95. The smallest absolute Gasteiger partial charge is 0.335 e. The van der Waals surface area contributed by atoms with Gasteiger partial charge in [-0.15, -0.1) is 0 Å². The normalized spacial score (nSPS) is 11.4. The Labute approximate surface area is 107 Å². The van der Waals surface area contributed by atoms with E-state index < -0.39 is 12.1 Å². The van der Waals surface area contributed by atoms with E-state index in [1.54, 1.807) is 6.92 Å². The monoisotopic (exact) mass is 299 g/mol. The van der Waals surface area contributed by atoms with Gasteiger partial charge in [-0.1, -0.05) is 0 Å². The Hall–Kier alpha value is -1.74. The number of carboxylic acids is 1. The number of hydrogen-bond acceptors (Lipinski definition) is 4. The molecule has 1 aromatic rings. The van der Waals surface area contributed by atoms with Gasteiger partial charge in [0.15, 0.2) is 17.6 Å². The maximum atomic E-state index is 10.8. The van der Waals surface area contributed by atoms with Crippen LogP contribution in [-0.4, -0.2) is 24.3 Å². The van der Waals surface area contributed by atoms with E-state index in [2.05, 4.69) is 15.9 Å². The molecule has 90 valence electrons. The molecule has 0 spiro atoms. The molecule has 0 aromatic heterocycles. The van der Waals surface area contributed by atoms with Gasteiger partial charge >= 0.3 is 5.97 Å². The third kappa shape index (κ3) is 3.11. The molecule has 1 atom stereocenters. The van der Waals surface area contributed by atoms with E-state index in [0.717, 1.165) is 0 Å². The number of carbonyl (C=O) groups is 1. The number of ether oxygens (including phenoxy) is 2. The molecule has 1 aromatic carbocycles. The van der Waals surface area contributed by atoms with E-state index in [0.29, 0.717) is 10.2 Å². The molecular formula is C11H10BrNO4. The number of carboxylic acid groups (broad SMARTS) is 1. The summed E-state index contributed by atoms with van der Waals surface area (Å²) < 4.78 is 10.8. The van der Waals surface area contributed by atoms with E-state index in [9.17, 15) is 4.79 Å². The highest BCUT2D eigenvalue weighted by Crippen LogP contribution is 2.37. The predicted octanol–water partition coefficient (Wildman–Crippen LogP) is 2.45. The number of nitrogens with zero attached hydrogens (tertiary/aromatic N) is 1. The van der Waals surface area contributed by atoms with Gasteiger partial charge in [0, 0.05) is 0 Å². The lowest BCUT2D eigenvalue weighted by molar-refractivity contribution is 0.0696. The van der Waals surface area contributed by atoms with Crippen molar-refractivity contribution in [2.24, 2.45) is 0 Å². The van der Waals surface area contributed by atoms with Crippen LogP contribution in [0.15, 0.2) is 16.6 Å². The fourth-order valence-electron chi connectivity index (χ4n) is 1.16. The summed E-state index contributed by atoms with van der Waals surface area (Å²) in [5.41, 5.74) is 0.0747. The minimum absolute atomic E-state index is 0.0747. The molecule has 0 saturated carbocycles. The van der Waals surface area contributed by atoms with E-state index in [-0.39, 0.29) is 11.3 Å². The van der Waals surface area contributed by atoms with Gasteiger partial charge in [-0.2, -0.15) is 5.26 Å². The zero-order chi connectivity index (χ0) is 13.0. The molecule has 0 radical (unpaired) electrons. The molecule has 0 aliphatic carbocycles. The first-order valence-corrected chi connectivity index (χ1v) is 5.46.